The largest absolute Gasteiger partial charge is 0.306 e. The molecule has 0 aliphatic heterocycles. The van der Waals surface area contributed by atoms with Gasteiger partial charge in [0.05, 0.1) is 6.04 Å². The second-order valence-corrected chi connectivity index (χ2v) is 6.23. The van der Waals surface area contributed by atoms with Crippen LogP contribution in [-0.2, 0) is 0 Å². The van der Waals surface area contributed by atoms with Crippen LogP contribution in [0.15, 0.2) is 40.9 Å². The topological polar surface area (TPSA) is 12.0 Å². The van der Waals surface area contributed by atoms with Gasteiger partial charge in [-0.3, -0.25) is 0 Å². The number of hydrogen-bond acceptors (Lipinski definition) is 1. The number of rotatable bonds is 4. The molecule has 2 aromatic carbocycles. The maximum atomic E-state index is 6.48. The molecule has 0 fully saturated rings. The maximum absolute atomic E-state index is 6.48. The quantitative estimate of drug-likeness (QED) is 0.775. The van der Waals surface area contributed by atoms with Gasteiger partial charge in [0.2, 0.25) is 0 Å². The van der Waals surface area contributed by atoms with Crippen LogP contribution in [0.3, 0.4) is 0 Å². The van der Waals surface area contributed by atoms with Crippen molar-refractivity contribution in [3.05, 3.63) is 68.1 Å². The van der Waals surface area contributed by atoms with Gasteiger partial charge in [0.1, 0.15) is 0 Å². The number of halogens is 2. The summed E-state index contributed by atoms with van der Waals surface area (Å²) in [5, 5.41) is 4.34. The Hall–Kier alpha value is -0.830. The summed E-state index contributed by atoms with van der Waals surface area (Å²) in [5.74, 6) is 0. The molecule has 0 aromatic heterocycles. The van der Waals surface area contributed by atoms with Gasteiger partial charge in [0.25, 0.3) is 0 Å². The summed E-state index contributed by atoms with van der Waals surface area (Å²) < 4.78 is 1.10. The molecular weight excluding hydrogens is 334 g/mol. The Morgan fingerprint density at radius 1 is 1.10 bits per heavy atom. The third-order valence-electron chi connectivity index (χ3n) is 3.55. The summed E-state index contributed by atoms with van der Waals surface area (Å²) in [7, 11) is 0. The minimum absolute atomic E-state index is 0.0994. The van der Waals surface area contributed by atoms with Gasteiger partial charge in [-0.1, -0.05) is 58.7 Å². The zero-order chi connectivity index (χ0) is 14.7. The Balaban J connectivity index is 2.54. The van der Waals surface area contributed by atoms with Gasteiger partial charge < -0.3 is 5.32 Å². The van der Waals surface area contributed by atoms with E-state index in [4.69, 9.17) is 11.6 Å². The van der Waals surface area contributed by atoms with E-state index in [0.717, 1.165) is 21.6 Å². The Bertz CT molecular complexity index is 610. The van der Waals surface area contributed by atoms with E-state index in [1.165, 1.54) is 16.7 Å². The second-order valence-electron chi connectivity index (χ2n) is 4.97. The van der Waals surface area contributed by atoms with Crippen molar-refractivity contribution in [1.29, 1.82) is 0 Å². The molecule has 0 saturated carbocycles. The van der Waals surface area contributed by atoms with Gasteiger partial charge in [-0.2, -0.15) is 0 Å². The Labute approximate surface area is 134 Å². The van der Waals surface area contributed by atoms with Crippen molar-refractivity contribution in [3.63, 3.8) is 0 Å². The van der Waals surface area contributed by atoms with Crippen LogP contribution in [0.2, 0.25) is 5.02 Å². The molecule has 2 rings (SSSR count). The first-order valence-corrected chi connectivity index (χ1v) is 7.96. The number of hydrogen-bond donors (Lipinski definition) is 1. The molecule has 1 N–H and O–H groups in total. The fourth-order valence-electron chi connectivity index (χ4n) is 2.33. The smallest absolute Gasteiger partial charge is 0.0602 e. The average Bonchev–Trinajstić information content (AvgIpc) is 2.42. The highest BCUT2D eigenvalue weighted by Gasteiger charge is 2.19. The van der Waals surface area contributed by atoms with Gasteiger partial charge in [-0.05, 0) is 54.8 Å². The Kier molecular flexibility index (Phi) is 5.25. The molecule has 1 nitrogen and oxygen atoms in total. The first-order valence-electron chi connectivity index (χ1n) is 6.79. The highest BCUT2D eigenvalue weighted by Crippen LogP contribution is 2.33. The average molecular weight is 353 g/mol. The molecule has 0 spiro atoms. The van der Waals surface area contributed by atoms with Crippen LogP contribution in [-0.4, -0.2) is 6.54 Å². The number of aryl methyl sites for hydroxylation is 2. The van der Waals surface area contributed by atoms with Crippen molar-refractivity contribution in [3.8, 4) is 0 Å². The van der Waals surface area contributed by atoms with Gasteiger partial charge in [0.15, 0.2) is 0 Å². The van der Waals surface area contributed by atoms with Crippen molar-refractivity contribution in [2.75, 3.05) is 6.54 Å². The maximum Gasteiger partial charge on any atom is 0.0602 e. The van der Waals surface area contributed by atoms with Crippen LogP contribution in [0.1, 0.15) is 35.2 Å². The Morgan fingerprint density at radius 3 is 2.40 bits per heavy atom. The fourth-order valence-corrected chi connectivity index (χ4v) is 3.17. The van der Waals surface area contributed by atoms with Crippen LogP contribution in [0.4, 0.5) is 0 Å². The molecule has 0 bridgehead atoms. The van der Waals surface area contributed by atoms with E-state index < -0.39 is 0 Å². The van der Waals surface area contributed by atoms with Crippen molar-refractivity contribution < 1.29 is 0 Å². The normalized spacial score (nSPS) is 12.4. The van der Waals surface area contributed by atoms with Crippen LogP contribution in [0.25, 0.3) is 0 Å². The molecule has 3 heteroatoms. The van der Waals surface area contributed by atoms with E-state index in [1.807, 2.05) is 12.1 Å². The standard InChI is InChI=1S/C17H19BrClN/c1-4-20-17(13-7-5-6-8-15(13)18)14-9-11(2)12(3)10-16(14)19/h5-10,17,20H,4H2,1-3H3. The molecule has 0 aliphatic carbocycles. The van der Waals surface area contributed by atoms with E-state index in [2.05, 4.69) is 66.3 Å². The summed E-state index contributed by atoms with van der Waals surface area (Å²) in [6, 6.07) is 12.6. The minimum atomic E-state index is 0.0994. The Morgan fingerprint density at radius 2 is 1.75 bits per heavy atom. The zero-order valence-electron chi connectivity index (χ0n) is 12.0. The molecule has 0 radical (unpaired) electrons. The van der Waals surface area contributed by atoms with Crippen LogP contribution in [0.5, 0.6) is 0 Å². The van der Waals surface area contributed by atoms with Crippen LogP contribution < -0.4 is 5.32 Å². The molecule has 0 saturated heterocycles. The molecule has 2 aromatic rings. The third-order valence-corrected chi connectivity index (χ3v) is 4.60. The molecule has 0 heterocycles. The highest BCUT2D eigenvalue weighted by atomic mass is 79.9. The van der Waals surface area contributed by atoms with Crippen LogP contribution in [0, 0.1) is 13.8 Å². The SMILES string of the molecule is CCNC(c1cc(C)c(C)cc1Cl)c1ccccc1Br. The van der Waals surface area contributed by atoms with E-state index in [1.54, 1.807) is 0 Å². The minimum Gasteiger partial charge on any atom is -0.306 e. The van der Waals surface area contributed by atoms with Gasteiger partial charge in [-0.25, -0.2) is 0 Å². The van der Waals surface area contributed by atoms with Gasteiger partial charge in [-0.15, -0.1) is 0 Å². The zero-order valence-corrected chi connectivity index (χ0v) is 14.3. The summed E-state index contributed by atoms with van der Waals surface area (Å²) in [4.78, 5) is 0. The van der Waals surface area contributed by atoms with Crippen molar-refractivity contribution in [2.45, 2.75) is 26.8 Å². The predicted molar refractivity (Wildman–Crippen MR) is 90.6 cm³/mol. The second kappa shape index (κ2) is 6.75. The van der Waals surface area contributed by atoms with E-state index in [9.17, 15) is 0 Å². The van der Waals surface area contributed by atoms with Gasteiger partial charge >= 0.3 is 0 Å². The van der Waals surface area contributed by atoms with Crippen molar-refractivity contribution in [2.24, 2.45) is 0 Å². The summed E-state index contributed by atoms with van der Waals surface area (Å²) in [5.41, 5.74) is 4.82. The highest BCUT2D eigenvalue weighted by molar-refractivity contribution is 9.10. The lowest BCUT2D eigenvalue weighted by atomic mass is 9.95. The molecule has 1 atom stereocenters. The lowest BCUT2D eigenvalue weighted by molar-refractivity contribution is 0.628. The first-order chi connectivity index (χ1) is 9.54. The first kappa shape index (κ1) is 15.6. The molecular formula is C17H19BrClN. The van der Waals surface area contributed by atoms with Crippen molar-refractivity contribution in [1.82, 2.24) is 5.32 Å². The van der Waals surface area contributed by atoms with E-state index in [-0.39, 0.29) is 6.04 Å². The van der Waals surface area contributed by atoms with E-state index in [0.29, 0.717) is 0 Å². The van der Waals surface area contributed by atoms with E-state index >= 15 is 0 Å². The van der Waals surface area contributed by atoms with Crippen molar-refractivity contribution >= 4 is 27.5 Å². The fraction of sp³-hybridized carbons (Fsp3) is 0.294. The summed E-state index contributed by atoms with van der Waals surface area (Å²) in [6.07, 6.45) is 0. The van der Waals surface area contributed by atoms with Crippen LogP contribution >= 0.6 is 27.5 Å². The molecule has 1 unspecified atom stereocenters. The van der Waals surface area contributed by atoms with Gasteiger partial charge in [0, 0.05) is 9.50 Å². The third kappa shape index (κ3) is 3.25. The molecule has 20 heavy (non-hydrogen) atoms. The summed E-state index contributed by atoms with van der Waals surface area (Å²) in [6.45, 7) is 7.21. The predicted octanol–water partition coefficient (Wildman–Crippen LogP) is 5.42. The lowest BCUT2D eigenvalue weighted by Crippen LogP contribution is -2.23. The number of benzene rings is 2. The molecule has 0 amide bonds. The molecule has 0 aliphatic rings. The monoisotopic (exact) mass is 351 g/mol. The lowest BCUT2D eigenvalue weighted by Gasteiger charge is -2.22. The molecule has 106 valence electrons. The summed E-state index contributed by atoms with van der Waals surface area (Å²) >= 11 is 10.1. The number of nitrogens with one attached hydrogen (secondary N) is 1.